The minimum absolute atomic E-state index is 0.00499. The molecule has 8 heteroatoms. The Bertz CT molecular complexity index is 3930. The first-order valence-corrected chi connectivity index (χ1v) is 29.6. The van der Waals surface area contributed by atoms with E-state index in [1.54, 1.807) is 12.1 Å². The van der Waals surface area contributed by atoms with Crippen molar-refractivity contribution in [2.45, 2.75) is 170 Å². The lowest BCUT2D eigenvalue weighted by Gasteiger charge is -2.42. The predicted molar refractivity (Wildman–Crippen MR) is 343 cm³/mol. The fourth-order valence-corrected chi connectivity index (χ4v) is 11.8. The van der Waals surface area contributed by atoms with Crippen molar-refractivity contribution in [1.82, 2.24) is 9.13 Å². The van der Waals surface area contributed by atoms with E-state index in [1.165, 1.54) is 46.5 Å². The third-order valence-corrected chi connectivity index (χ3v) is 17.0. The molecule has 2 unspecified atom stereocenters. The summed E-state index contributed by atoms with van der Waals surface area (Å²) in [7, 11) is 0. The number of rotatable bonds is 10. The SMILES string of the molecule is CC(C)(C)C1=CC(n2c3ccc(C(C)(C)C)cc3c3cc(C(C)(C)C)ccc32)C(O)(OCCCOc2ccc(F)cc2-c2cc(C(C)(C)C)cc(-n3c4ccc(C(C)(C)C)cc4c4cc(C(C)(C)C)ccc43)c2O)C(c2cccc(F)c2)=C1. The molecule has 1 aliphatic rings. The number of aromatic nitrogens is 2. The van der Waals surface area contributed by atoms with Gasteiger partial charge in [-0.25, -0.2) is 8.78 Å². The van der Waals surface area contributed by atoms with Crippen molar-refractivity contribution < 1.29 is 28.5 Å². The molecule has 10 rings (SSSR count). The number of ether oxygens (including phenoxy) is 2. The summed E-state index contributed by atoms with van der Waals surface area (Å²) in [5.41, 5.74) is 11.7. The van der Waals surface area contributed by atoms with Crippen LogP contribution in [0.3, 0.4) is 0 Å². The van der Waals surface area contributed by atoms with E-state index in [1.807, 2.05) is 18.2 Å². The predicted octanol–water partition coefficient (Wildman–Crippen LogP) is 19.8. The third-order valence-electron chi connectivity index (χ3n) is 17.0. The zero-order chi connectivity index (χ0) is 60.3. The molecule has 9 aromatic rings. The summed E-state index contributed by atoms with van der Waals surface area (Å²) in [6.07, 6.45) is 4.40. The Balaban J connectivity index is 1.05. The Morgan fingerprint density at radius 1 is 0.482 bits per heavy atom. The molecule has 2 heterocycles. The number of nitrogens with zero attached hydrogens (tertiary/aromatic N) is 2. The van der Waals surface area contributed by atoms with Crippen molar-refractivity contribution >= 4 is 49.2 Å². The topological polar surface area (TPSA) is 68.8 Å². The molecule has 0 amide bonds. The Labute approximate surface area is 491 Å². The van der Waals surface area contributed by atoms with Gasteiger partial charge in [0.1, 0.15) is 29.2 Å². The molecule has 0 spiro atoms. The van der Waals surface area contributed by atoms with Gasteiger partial charge in [-0.3, -0.25) is 0 Å². The molecular formula is C75H86F2N2O4. The quantitative estimate of drug-likeness (QED) is 0.106. The fraction of sp³-hybridized carbons (Fsp3) is 0.387. The van der Waals surface area contributed by atoms with E-state index in [9.17, 15) is 10.2 Å². The summed E-state index contributed by atoms with van der Waals surface area (Å²) in [6, 6.07) is 40.5. The first-order valence-electron chi connectivity index (χ1n) is 29.6. The van der Waals surface area contributed by atoms with Gasteiger partial charge in [0.2, 0.25) is 5.79 Å². The highest BCUT2D eigenvalue weighted by molar-refractivity contribution is 6.11. The molecule has 7 aromatic carbocycles. The van der Waals surface area contributed by atoms with E-state index >= 15 is 8.78 Å². The number of benzene rings is 7. The minimum Gasteiger partial charge on any atom is -0.505 e. The van der Waals surface area contributed by atoms with Crippen LogP contribution in [0.25, 0.3) is 66.0 Å². The van der Waals surface area contributed by atoms with Crippen molar-refractivity contribution in [3.63, 3.8) is 0 Å². The lowest BCUT2D eigenvalue weighted by atomic mass is 9.76. The average molecular weight is 1120 g/mol. The molecule has 6 nitrogen and oxygen atoms in total. The zero-order valence-electron chi connectivity index (χ0n) is 52.3. The number of hydrogen-bond acceptors (Lipinski definition) is 4. The number of allylic oxidation sites excluding steroid dienone is 2. The molecule has 0 saturated carbocycles. The smallest absolute Gasteiger partial charge is 0.218 e. The zero-order valence-corrected chi connectivity index (χ0v) is 52.3. The van der Waals surface area contributed by atoms with Gasteiger partial charge < -0.3 is 28.8 Å². The van der Waals surface area contributed by atoms with Gasteiger partial charge in [-0.1, -0.05) is 167 Å². The molecule has 2 N–H and O–H groups in total. The van der Waals surface area contributed by atoms with Gasteiger partial charge in [-0.05, 0) is 169 Å². The summed E-state index contributed by atoms with van der Waals surface area (Å²) in [6.45, 7) is 39.7. The van der Waals surface area contributed by atoms with Gasteiger partial charge in [0.25, 0.3) is 0 Å². The molecule has 83 heavy (non-hydrogen) atoms. The number of aromatic hydroxyl groups is 1. The van der Waals surface area contributed by atoms with Gasteiger partial charge in [-0.15, -0.1) is 0 Å². The number of hydrogen-bond donors (Lipinski definition) is 2. The van der Waals surface area contributed by atoms with E-state index < -0.39 is 23.5 Å². The Hall–Kier alpha value is -7.00. The van der Waals surface area contributed by atoms with Crippen molar-refractivity contribution in [2.24, 2.45) is 5.41 Å². The van der Waals surface area contributed by atoms with Crippen LogP contribution in [0.5, 0.6) is 11.5 Å². The Kier molecular flexibility index (Phi) is 14.7. The molecule has 0 bridgehead atoms. The highest BCUT2D eigenvalue weighted by atomic mass is 19.1. The van der Waals surface area contributed by atoms with E-state index in [-0.39, 0.29) is 51.5 Å². The maximum atomic E-state index is 15.8. The number of aliphatic hydroxyl groups is 1. The second-order valence-electron chi connectivity index (χ2n) is 29.5. The van der Waals surface area contributed by atoms with Crippen LogP contribution in [0.15, 0.2) is 145 Å². The van der Waals surface area contributed by atoms with Gasteiger partial charge >= 0.3 is 0 Å². The molecule has 1 aliphatic carbocycles. The molecule has 0 saturated heterocycles. The van der Waals surface area contributed by atoms with Crippen molar-refractivity contribution in [3.05, 3.63) is 190 Å². The van der Waals surface area contributed by atoms with Crippen molar-refractivity contribution in [3.8, 4) is 28.3 Å². The van der Waals surface area contributed by atoms with E-state index in [0.717, 1.165) is 54.7 Å². The Morgan fingerprint density at radius 2 is 0.952 bits per heavy atom. The number of phenols is 1. The molecule has 0 radical (unpaired) electrons. The summed E-state index contributed by atoms with van der Waals surface area (Å²) in [5.74, 6) is -2.54. The normalized spacial score (nSPS) is 16.8. The molecule has 2 aromatic heterocycles. The highest BCUT2D eigenvalue weighted by Crippen LogP contribution is 2.51. The van der Waals surface area contributed by atoms with Crippen LogP contribution < -0.4 is 4.74 Å². The molecule has 434 valence electrons. The summed E-state index contributed by atoms with van der Waals surface area (Å²) < 4.78 is 49.3. The Morgan fingerprint density at radius 3 is 1.42 bits per heavy atom. The maximum absolute atomic E-state index is 15.8. The van der Waals surface area contributed by atoms with E-state index in [2.05, 4.69) is 219 Å². The molecule has 0 fully saturated rings. The summed E-state index contributed by atoms with van der Waals surface area (Å²) >= 11 is 0. The van der Waals surface area contributed by atoms with Crippen LogP contribution in [0, 0.1) is 17.0 Å². The molecule has 0 aliphatic heterocycles. The lowest BCUT2D eigenvalue weighted by Crippen LogP contribution is -2.45. The van der Waals surface area contributed by atoms with Crippen LogP contribution in [-0.4, -0.2) is 38.3 Å². The van der Waals surface area contributed by atoms with Crippen LogP contribution >= 0.6 is 0 Å². The first-order chi connectivity index (χ1) is 38.5. The van der Waals surface area contributed by atoms with Gasteiger partial charge in [-0.2, -0.15) is 0 Å². The van der Waals surface area contributed by atoms with Crippen LogP contribution in [0.4, 0.5) is 8.78 Å². The van der Waals surface area contributed by atoms with Gasteiger partial charge in [0.15, 0.2) is 0 Å². The largest absolute Gasteiger partial charge is 0.505 e. The third kappa shape index (κ3) is 11.2. The average Bonchev–Trinajstić information content (AvgIpc) is 2.30. The number of phenolic OH excluding ortho intramolecular Hbond substituents is 1. The second-order valence-corrected chi connectivity index (χ2v) is 29.5. The monoisotopic (exact) mass is 1120 g/mol. The number of fused-ring (bicyclic) bond motifs is 6. The fourth-order valence-electron chi connectivity index (χ4n) is 11.8. The van der Waals surface area contributed by atoms with Crippen molar-refractivity contribution in [2.75, 3.05) is 13.2 Å². The number of halogens is 2. The van der Waals surface area contributed by atoms with E-state index in [0.29, 0.717) is 40.1 Å². The van der Waals surface area contributed by atoms with Crippen LogP contribution in [0.1, 0.15) is 170 Å². The standard InChI is InChI=1S/C75H86F2N2O4/c1-69(2,3)46-23-28-61-54(36-46)55-37-47(70(4,5)6)24-29-62(55)78(61)65-42-50(73(13,14)15)40-59(68(65)80)58-44-53(77)27-32-66(58)82-33-20-34-83-75(81)60(45-21-19-22-52(76)35-45)41-51(74(16,17)18)43-67(75)79-63-30-25-48(71(7,8)9)38-56(63)57-39-49(72(10,11)12)26-31-64(57)79/h19,21-32,35-44,67,80-81H,20,33-34H2,1-18H3. The first kappa shape index (κ1) is 59.2. The van der Waals surface area contributed by atoms with Gasteiger partial charge in [0, 0.05) is 55.7 Å². The van der Waals surface area contributed by atoms with Crippen LogP contribution in [-0.2, 0) is 31.8 Å². The van der Waals surface area contributed by atoms with Crippen molar-refractivity contribution in [1.29, 1.82) is 0 Å². The molecular weight excluding hydrogens is 1030 g/mol. The second kappa shape index (κ2) is 20.7. The van der Waals surface area contributed by atoms with Crippen LogP contribution in [0.2, 0.25) is 0 Å². The molecule has 2 atom stereocenters. The summed E-state index contributed by atoms with van der Waals surface area (Å²) in [5, 5.41) is 30.9. The lowest BCUT2D eigenvalue weighted by molar-refractivity contribution is -0.179. The minimum atomic E-state index is -2.02. The van der Waals surface area contributed by atoms with E-state index in [4.69, 9.17) is 9.47 Å². The summed E-state index contributed by atoms with van der Waals surface area (Å²) in [4.78, 5) is 0. The van der Waals surface area contributed by atoms with Gasteiger partial charge in [0.05, 0.1) is 29.9 Å². The maximum Gasteiger partial charge on any atom is 0.218 e. The highest BCUT2D eigenvalue weighted by Gasteiger charge is 2.47.